The molecule has 1 aliphatic rings. The third kappa shape index (κ3) is 5.70. The highest BCUT2D eigenvalue weighted by Crippen LogP contribution is 2.33. The summed E-state index contributed by atoms with van der Waals surface area (Å²) >= 11 is 0. The zero-order chi connectivity index (χ0) is 22.3. The number of carbonyl (C=O) groups excluding carboxylic acids is 1. The SMILES string of the molecule is COc1ccc(N(CC(=O)NCC2CCCCC2)S(=O)(=O)c2ccccc2)cc1OC. The third-order valence-corrected chi connectivity index (χ3v) is 7.37. The van der Waals surface area contributed by atoms with E-state index in [4.69, 9.17) is 9.47 Å². The number of ether oxygens (including phenoxy) is 2. The molecule has 0 unspecified atom stereocenters. The summed E-state index contributed by atoms with van der Waals surface area (Å²) in [4.78, 5) is 12.9. The van der Waals surface area contributed by atoms with Crippen LogP contribution >= 0.6 is 0 Å². The van der Waals surface area contributed by atoms with Crippen molar-refractivity contribution in [3.05, 3.63) is 48.5 Å². The minimum atomic E-state index is -3.96. The minimum absolute atomic E-state index is 0.116. The van der Waals surface area contributed by atoms with Crippen molar-refractivity contribution >= 4 is 21.6 Å². The average molecular weight is 447 g/mol. The van der Waals surface area contributed by atoms with E-state index >= 15 is 0 Å². The second kappa shape index (κ2) is 10.5. The maximum absolute atomic E-state index is 13.4. The van der Waals surface area contributed by atoms with E-state index in [1.165, 1.54) is 45.6 Å². The Morgan fingerprint density at radius 3 is 2.32 bits per heavy atom. The summed E-state index contributed by atoms with van der Waals surface area (Å²) in [6.07, 6.45) is 5.80. The van der Waals surface area contributed by atoms with Gasteiger partial charge in [0.25, 0.3) is 10.0 Å². The van der Waals surface area contributed by atoms with Gasteiger partial charge in [0.05, 0.1) is 24.8 Å². The molecule has 2 aromatic carbocycles. The van der Waals surface area contributed by atoms with E-state index < -0.39 is 10.0 Å². The fraction of sp³-hybridized carbons (Fsp3) is 0.435. The highest BCUT2D eigenvalue weighted by Gasteiger charge is 2.28. The number of hydrogen-bond acceptors (Lipinski definition) is 5. The summed E-state index contributed by atoms with van der Waals surface area (Å²) in [5, 5.41) is 2.93. The number of anilines is 1. The van der Waals surface area contributed by atoms with Gasteiger partial charge in [-0.3, -0.25) is 9.10 Å². The van der Waals surface area contributed by atoms with Crippen LogP contribution in [0.4, 0.5) is 5.69 Å². The lowest BCUT2D eigenvalue weighted by Gasteiger charge is -2.26. The molecule has 8 heteroatoms. The van der Waals surface area contributed by atoms with Crippen LogP contribution in [0, 0.1) is 5.92 Å². The molecule has 7 nitrogen and oxygen atoms in total. The quantitative estimate of drug-likeness (QED) is 0.636. The van der Waals surface area contributed by atoms with Gasteiger partial charge in [0.15, 0.2) is 11.5 Å². The molecule has 1 saturated carbocycles. The molecule has 1 fully saturated rings. The van der Waals surface area contributed by atoms with Gasteiger partial charge in [0.2, 0.25) is 5.91 Å². The molecule has 0 aliphatic heterocycles. The topological polar surface area (TPSA) is 84.9 Å². The van der Waals surface area contributed by atoms with Gasteiger partial charge in [-0.1, -0.05) is 37.5 Å². The number of methoxy groups -OCH3 is 2. The van der Waals surface area contributed by atoms with Crippen molar-refractivity contribution in [2.45, 2.75) is 37.0 Å². The van der Waals surface area contributed by atoms with Crippen LogP contribution in [-0.2, 0) is 14.8 Å². The fourth-order valence-corrected chi connectivity index (χ4v) is 5.28. The number of benzene rings is 2. The van der Waals surface area contributed by atoms with Gasteiger partial charge >= 0.3 is 0 Å². The first kappa shape index (κ1) is 22.9. The Morgan fingerprint density at radius 2 is 1.68 bits per heavy atom. The lowest BCUT2D eigenvalue weighted by Crippen LogP contribution is -2.42. The zero-order valence-corrected chi connectivity index (χ0v) is 18.9. The van der Waals surface area contributed by atoms with Crippen LogP contribution in [0.15, 0.2) is 53.4 Å². The number of sulfonamides is 1. The standard InChI is InChI=1S/C23H30N2O5S/c1-29-21-14-13-19(15-22(21)30-2)25(31(27,28)20-11-7-4-8-12-20)17-23(26)24-16-18-9-5-3-6-10-18/h4,7-8,11-15,18H,3,5-6,9-10,16-17H2,1-2H3,(H,24,26). The Balaban J connectivity index is 1.86. The molecule has 0 saturated heterocycles. The molecule has 2 aromatic rings. The molecule has 0 radical (unpaired) electrons. The van der Waals surface area contributed by atoms with Gasteiger partial charge in [-0.25, -0.2) is 8.42 Å². The van der Waals surface area contributed by atoms with Crippen LogP contribution in [0.2, 0.25) is 0 Å². The van der Waals surface area contributed by atoms with Crippen LogP contribution in [-0.4, -0.2) is 41.6 Å². The molecule has 0 spiro atoms. The summed E-state index contributed by atoms with van der Waals surface area (Å²) in [5.41, 5.74) is 0.328. The molecule has 1 aliphatic carbocycles. The van der Waals surface area contributed by atoms with Crippen LogP contribution in [0.25, 0.3) is 0 Å². The van der Waals surface area contributed by atoms with Crippen molar-refractivity contribution < 1.29 is 22.7 Å². The highest BCUT2D eigenvalue weighted by atomic mass is 32.2. The van der Waals surface area contributed by atoms with Crippen molar-refractivity contribution in [1.82, 2.24) is 5.32 Å². The Kier molecular flexibility index (Phi) is 7.79. The lowest BCUT2D eigenvalue weighted by molar-refractivity contribution is -0.119. The number of nitrogens with one attached hydrogen (secondary N) is 1. The second-order valence-electron chi connectivity index (χ2n) is 7.67. The van der Waals surface area contributed by atoms with Gasteiger partial charge in [-0.2, -0.15) is 0 Å². The summed E-state index contributed by atoms with van der Waals surface area (Å²) in [6.45, 7) is 0.253. The molecular weight excluding hydrogens is 416 g/mol. The monoisotopic (exact) mass is 446 g/mol. The van der Waals surface area contributed by atoms with E-state index in [2.05, 4.69) is 5.32 Å². The van der Waals surface area contributed by atoms with E-state index in [9.17, 15) is 13.2 Å². The predicted molar refractivity (Wildman–Crippen MR) is 120 cm³/mol. The van der Waals surface area contributed by atoms with Crippen molar-refractivity contribution in [3.63, 3.8) is 0 Å². The smallest absolute Gasteiger partial charge is 0.264 e. The number of carbonyl (C=O) groups is 1. The highest BCUT2D eigenvalue weighted by molar-refractivity contribution is 7.92. The molecule has 0 atom stereocenters. The van der Waals surface area contributed by atoms with Crippen molar-refractivity contribution in [1.29, 1.82) is 0 Å². The summed E-state index contributed by atoms with van der Waals surface area (Å²) in [7, 11) is -0.971. The predicted octanol–water partition coefficient (Wildman–Crippen LogP) is 3.60. The number of amides is 1. The van der Waals surface area contributed by atoms with Gasteiger partial charge in [0.1, 0.15) is 6.54 Å². The van der Waals surface area contributed by atoms with E-state index in [0.717, 1.165) is 17.1 Å². The first-order chi connectivity index (χ1) is 15.0. The summed E-state index contributed by atoms with van der Waals surface area (Å²) in [6, 6.07) is 12.9. The zero-order valence-electron chi connectivity index (χ0n) is 18.0. The Hall–Kier alpha value is -2.74. The average Bonchev–Trinajstić information content (AvgIpc) is 2.82. The van der Waals surface area contributed by atoms with Gasteiger partial charge in [-0.15, -0.1) is 0 Å². The minimum Gasteiger partial charge on any atom is -0.493 e. The van der Waals surface area contributed by atoms with Crippen molar-refractivity contribution in [2.24, 2.45) is 5.92 Å². The molecule has 168 valence electrons. The Labute approximate surface area is 184 Å². The van der Waals surface area contributed by atoms with E-state index in [1.54, 1.807) is 36.4 Å². The molecule has 31 heavy (non-hydrogen) atoms. The van der Waals surface area contributed by atoms with Gasteiger partial charge in [0, 0.05) is 12.6 Å². The van der Waals surface area contributed by atoms with E-state index in [-0.39, 0.29) is 17.3 Å². The molecule has 1 N–H and O–H groups in total. The fourth-order valence-electron chi connectivity index (χ4n) is 3.85. The largest absolute Gasteiger partial charge is 0.493 e. The lowest BCUT2D eigenvalue weighted by atomic mass is 9.89. The molecule has 0 bridgehead atoms. The second-order valence-corrected chi connectivity index (χ2v) is 9.53. The molecule has 0 aromatic heterocycles. The van der Waals surface area contributed by atoms with Crippen LogP contribution in [0.5, 0.6) is 11.5 Å². The Morgan fingerprint density at radius 1 is 1.00 bits per heavy atom. The molecular formula is C23H30N2O5S. The van der Waals surface area contributed by atoms with Crippen molar-refractivity contribution in [3.8, 4) is 11.5 Å². The summed E-state index contributed by atoms with van der Waals surface area (Å²) < 4.78 is 38.5. The van der Waals surface area contributed by atoms with E-state index in [0.29, 0.717) is 29.6 Å². The Bertz CT molecular complexity index is 973. The van der Waals surface area contributed by atoms with Crippen molar-refractivity contribution in [2.75, 3.05) is 31.6 Å². The van der Waals surface area contributed by atoms with Crippen LogP contribution in [0.1, 0.15) is 32.1 Å². The normalized spacial score (nSPS) is 14.6. The van der Waals surface area contributed by atoms with E-state index in [1.807, 2.05) is 0 Å². The summed E-state index contributed by atoms with van der Waals surface area (Å²) in [5.74, 6) is 0.985. The third-order valence-electron chi connectivity index (χ3n) is 5.59. The molecule has 0 heterocycles. The van der Waals surface area contributed by atoms with Crippen LogP contribution < -0.4 is 19.1 Å². The number of nitrogens with zero attached hydrogens (tertiary/aromatic N) is 1. The number of rotatable bonds is 9. The van der Waals surface area contributed by atoms with Gasteiger partial charge in [-0.05, 0) is 43.0 Å². The first-order valence-electron chi connectivity index (χ1n) is 10.5. The molecule has 1 amide bonds. The molecule has 3 rings (SSSR count). The van der Waals surface area contributed by atoms with Crippen LogP contribution in [0.3, 0.4) is 0 Å². The van der Waals surface area contributed by atoms with Gasteiger partial charge < -0.3 is 14.8 Å². The number of hydrogen-bond donors (Lipinski definition) is 1. The maximum Gasteiger partial charge on any atom is 0.264 e. The first-order valence-corrected chi connectivity index (χ1v) is 12.0. The maximum atomic E-state index is 13.4.